The first-order chi connectivity index (χ1) is 12.8. The highest BCUT2D eigenvalue weighted by Gasteiger charge is 2.19. The van der Waals surface area contributed by atoms with Gasteiger partial charge in [-0.3, -0.25) is 4.57 Å². The lowest BCUT2D eigenvalue weighted by Gasteiger charge is -2.20. The van der Waals surface area contributed by atoms with Crippen molar-refractivity contribution in [2.75, 3.05) is 13.2 Å². The van der Waals surface area contributed by atoms with Gasteiger partial charge in [-0.25, -0.2) is 14.8 Å². The minimum atomic E-state index is -0.105. The summed E-state index contributed by atoms with van der Waals surface area (Å²) in [7, 11) is 0. The minimum absolute atomic E-state index is 0.105. The number of nitrogens with one attached hydrogen (secondary N) is 1. The summed E-state index contributed by atoms with van der Waals surface area (Å²) >= 11 is 0. The molecule has 2 aromatic heterocycles. The monoisotopic (exact) mass is 349 g/mol. The van der Waals surface area contributed by atoms with Crippen molar-refractivity contribution in [1.82, 2.24) is 24.8 Å². The van der Waals surface area contributed by atoms with Crippen molar-refractivity contribution in [2.45, 2.75) is 13.1 Å². The van der Waals surface area contributed by atoms with Gasteiger partial charge in [0.15, 0.2) is 0 Å². The Hall–Kier alpha value is -3.35. The number of pyridine rings is 1. The van der Waals surface area contributed by atoms with Crippen LogP contribution in [0.5, 0.6) is 5.75 Å². The number of hydrogen-bond acceptors (Lipinski definition) is 4. The molecule has 0 bridgehead atoms. The molecule has 2 amide bonds. The van der Waals surface area contributed by atoms with E-state index in [0.717, 1.165) is 22.7 Å². The Morgan fingerprint density at radius 2 is 2.15 bits per heavy atom. The van der Waals surface area contributed by atoms with E-state index in [1.54, 1.807) is 23.6 Å². The van der Waals surface area contributed by atoms with E-state index in [0.29, 0.717) is 26.2 Å². The minimum Gasteiger partial charge on any atom is -0.491 e. The molecule has 26 heavy (non-hydrogen) atoms. The lowest BCUT2D eigenvalue weighted by molar-refractivity contribution is 0.187. The molecule has 0 unspecified atom stereocenters. The van der Waals surface area contributed by atoms with Crippen molar-refractivity contribution in [3.63, 3.8) is 0 Å². The third-order valence-electron chi connectivity index (χ3n) is 4.26. The highest BCUT2D eigenvalue weighted by Crippen LogP contribution is 2.22. The number of carbonyl (C=O) groups excluding carboxylic acids is 1. The molecule has 4 rings (SSSR count). The maximum Gasteiger partial charge on any atom is 0.318 e. The molecule has 1 N–H and O–H groups in total. The molecule has 7 nitrogen and oxygen atoms in total. The van der Waals surface area contributed by atoms with Gasteiger partial charge in [-0.2, -0.15) is 0 Å². The summed E-state index contributed by atoms with van der Waals surface area (Å²) in [4.78, 5) is 22.7. The molecule has 0 atom stereocenters. The summed E-state index contributed by atoms with van der Waals surface area (Å²) in [5.74, 6) is 1.62. The number of aromatic nitrogens is 3. The van der Waals surface area contributed by atoms with Crippen LogP contribution in [0.3, 0.4) is 0 Å². The van der Waals surface area contributed by atoms with Crippen LogP contribution < -0.4 is 10.1 Å². The topological polar surface area (TPSA) is 72.3 Å². The first kappa shape index (κ1) is 16.1. The summed E-state index contributed by atoms with van der Waals surface area (Å²) in [6.07, 6.45) is 6.96. The van der Waals surface area contributed by atoms with E-state index >= 15 is 0 Å². The summed E-state index contributed by atoms with van der Waals surface area (Å²) in [6.45, 7) is 2.02. The number of carbonyl (C=O) groups is 1. The van der Waals surface area contributed by atoms with E-state index < -0.39 is 0 Å². The highest BCUT2D eigenvalue weighted by atomic mass is 16.5. The van der Waals surface area contributed by atoms with Crippen molar-refractivity contribution >= 4 is 6.03 Å². The van der Waals surface area contributed by atoms with Crippen LogP contribution in [-0.4, -0.2) is 38.6 Å². The molecule has 0 saturated carbocycles. The van der Waals surface area contributed by atoms with Crippen molar-refractivity contribution < 1.29 is 9.53 Å². The molecular weight excluding hydrogens is 330 g/mol. The SMILES string of the molecule is O=C(NCc1ccnc(-n2ccnc2)c1)N1CCOc2ccccc2C1. The Kier molecular flexibility index (Phi) is 4.51. The van der Waals surface area contributed by atoms with Gasteiger partial charge >= 0.3 is 6.03 Å². The number of rotatable bonds is 3. The van der Waals surface area contributed by atoms with Crippen LogP contribution in [-0.2, 0) is 13.1 Å². The lowest BCUT2D eigenvalue weighted by Crippen LogP contribution is -2.40. The summed E-state index contributed by atoms with van der Waals surface area (Å²) in [5, 5.41) is 2.98. The second-order valence-electron chi connectivity index (χ2n) is 6.03. The maximum absolute atomic E-state index is 12.6. The van der Waals surface area contributed by atoms with Gasteiger partial charge in [0, 0.05) is 30.7 Å². The molecule has 3 aromatic rings. The van der Waals surface area contributed by atoms with E-state index in [9.17, 15) is 4.79 Å². The maximum atomic E-state index is 12.6. The fourth-order valence-electron chi connectivity index (χ4n) is 2.89. The van der Waals surface area contributed by atoms with Crippen LogP contribution >= 0.6 is 0 Å². The van der Waals surface area contributed by atoms with Crippen LogP contribution in [0.1, 0.15) is 11.1 Å². The summed E-state index contributed by atoms with van der Waals surface area (Å²) < 4.78 is 7.54. The summed E-state index contributed by atoms with van der Waals surface area (Å²) in [6, 6.07) is 11.5. The number of nitrogens with zero attached hydrogens (tertiary/aromatic N) is 4. The predicted octanol–water partition coefficient (Wildman–Crippen LogP) is 2.37. The number of hydrogen-bond donors (Lipinski definition) is 1. The van der Waals surface area contributed by atoms with Crippen molar-refractivity contribution in [1.29, 1.82) is 0 Å². The number of para-hydroxylation sites is 1. The third-order valence-corrected chi connectivity index (χ3v) is 4.26. The van der Waals surface area contributed by atoms with E-state index in [4.69, 9.17) is 4.74 Å². The number of benzene rings is 1. The number of ether oxygens (including phenoxy) is 1. The van der Waals surface area contributed by atoms with Crippen molar-refractivity contribution in [2.24, 2.45) is 0 Å². The zero-order chi connectivity index (χ0) is 17.8. The van der Waals surface area contributed by atoms with Gasteiger partial charge in [0.05, 0.1) is 13.1 Å². The van der Waals surface area contributed by atoms with Crippen LogP contribution in [0.2, 0.25) is 0 Å². The second-order valence-corrected chi connectivity index (χ2v) is 6.03. The van der Waals surface area contributed by atoms with Gasteiger partial charge < -0.3 is 15.0 Å². The van der Waals surface area contributed by atoms with Crippen LogP contribution in [0, 0.1) is 0 Å². The van der Waals surface area contributed by atoms with Gasteiger partial charge in [0.2, 0.25) is 0 Å². The van der Waals surface area contributed by atoms with Gasteiger partial charge in [-0.15, -0.1) is 0 Å². The van der Waals surface area contributed by atoms with Gasteiger partial charge in [-0.1, -0.05) is 18.2 Å². The fraction of sp³-hybridized carbons (Fsp3) is 0.211. The second kappa shape index (κ2) is 7.26. The molecule has 1 aliphatic heterocycles. The Morgan fingerprint density at radius 3 is 3.04 bits per heavy atom. The van der Waals surface area contributed by atoms with Gasteiger partial charge in [-0.05, 0) is 23.8 Å². The zero-order valence-electron chi connectivity index (χ0n) is 14.2. The van der Waals surface area contributed by atoms with Gasteiger partial charge in [0.1, 0.15) is 24.5 Å². The Balaban J connectivity index is 1.40. The Labute approximate surface area is 151 Å². The van der Waals surface area contributed by atoms with Crippen LogP contribution in [0.25, 0.3) is 5.82 Å². The normalized spacial score (nSPS) is 13.5. The van der Waals surface area contributed by atoms with Crippen LogP contribution in [0.4, 0.5) is 4.79 Å². The molecule has 1 aromatic carbocycles. The van der Waals surface area contributed by atoms with E-state index in [1.807, 2.05) is 47.2 Å². The number of urea groups is 1. The molecule has 1 aliphatic rings. The predicted molar refractivity (Wildman–Crippen MR) is 95.9 cm³/mol. The third kappa shape index (κ3) is 3.51. The Bertz CT molecular complexity index is 894. The highest BCUT2D eigenvalue weighted by molar-refractivity contribution is 5.74. The average molecular weight is 349 g/mol. The van der Waals surface area contributed by atoms with E-state index in [2.05, 4.69) is 15.3 Å². The molecule has 7 heteroatoms. The largest absolute Gasteiger partial charge is 0.491 e. The van der Waals surface area contributed by atoms with Crippen molar-refractivity contribution in [3.8, 4) is 11.6 Å². The number of imidazole rings is 1. The molecule has 0 spiro atoms. The van der Waals surface area contributed by atoms with Gasteiger partial charge in [0.25, 0.3) is 0 Å². The fourth-order valence-corrected chi connectivity index (χ4v) is 2.89. The molecule has 0 saturated heterocycles. The Morgan fingerprint density at radius 1 is 1.23 bits per heavy atom. The molecule has 132 valence electrons. The first-order valence-electron chi connectivity index (χ1n) is 8.46. The molecule has 3 heterocycles. The first-order valence-corrected chi connectivity index (χ1v) is 8.46. The lowest BCUT2D eigenvalue weighted by atomic mass is 10.2. The van der Waals surface area contributed by atoms with E-state index in [-0.39, 0.29) is 6.03 Å². The average Bonchev–Trinajstić information content (AvgIpc) is 3.13. The number of fused-ring (bicyclic) bond motifs is 1. The number of amides is 2. The quantitative estimate of drug-likeness (QED) is 0.788. The molecular formula is C19H19N5O2. The standard InChI is InChI=1S/C19H19N5O2/c25-19(23-9-10-26-17-4-2-1-3-16(17)13-23)22-12-15-5-6-21-18(11-15)24-8-7-20-14-24/h1-8,11,14H,9-10,12-13H2,(H,22,25). The van der Waals surface area contributed by atoms with E-state index in [1.165, 1.54) is 0 Å². The van der Waals surface area contributed by atoms with Crippen LogP contribution in [0.15, 0.2) is 61.3 Å². The molecule has 0 fully saturated rings. The smallest absolute Gasteiger partial charge is 0.318 e. The molecule has 0 aliphatic carbocycles. The zero-order valence-corrected chi connectivity index (χ0v) is 14.2. The summed E-state index contributed by atoms with van der Waals surface area (Å²) in [5.41, 5.74) is 2.00. The van der Waals surface area contributed by atoms with Crippen molar-refractivity contribution in [3.05, 3.63) is 72.4 Å². The molecule has 0 radical (unpaired) electrons.